The van der Waals surface area contributed by atoms with Crippen molar-refractivity contribution < 1.29 is 28.3 Å². The SMILES string of the molecule is Cc1ccc([C@H]2OC3(C(=O)c4ccccc4C3=O)[C@H]3C(=O)N(c4ccc(F)cc4)C(=O)[C@@H]23)cc1. The van der Waals surface area contributed by atoms with Crippen molar-refractivity contribution >= 4 is 29.1 Å². The van der Waals surface area contributed by atoms with Gasteiger partial charge in [0.25, 0.3) is 0 Å². The molecule has 0 aromatic heterocycles. The number of rotatable bonds is 2. The molecule has 2 aliphatic heterocycles. The van der Waals surface area contributed by atoms with Crippen LogP contribution in [0.5, 0.6) is 0 Å². The maximum atomic E-state index is 13.7. The second-order valence-electron chi connectivity index (χ2n) is 8.88. The average Bonchev–Trinajstić information content (AvgIpc) is 3.40. The van der Waals surface area contributed by atoms with E-state index < -0.39 is 52.7 Å². The molecule has 3 aliphatic rings. The van der Waals surface area contributed by atoms with Gasteiger partial charge in [0.05, 0.1) is 23.6 Å². The molecule has 2 amide bonds. The van der Waals surface area contributed by atoms with Crippen molar-refractivity contribution in [2.75, 3.05) is 4.90 Å². The van der Waals surface area contributed by atoms with Gasteiger partial charge in [-0.15, -0.1) is 0 Å². The molecule has 3 aromatic carbocycles. The van der Waals surface area contributed by atoms with Gasteiger partial charge in [-0.05, 0) is 36.8 Å². The Labute approximate surface area is 193 Å². The number of aryl methyl sites for hydroxylation is 1. The fourth-order valence-corrected chi connectivity index (χ4v) is 5.42. The quantitative estimate of drug-likeness (QED) is 0.433. The van der Waals surface area contributed by atoms with Gasteiger partial charge >= 0.3 is 0 Å². The first-order valence-corrected chi connectivity index (χ1v) is 10.9. The standard InChI is InChI=1S/C27H18FNO5/c1-14-6-8-15(9-7-14)22-20-21(26(33)29(25(20)32)17-12-10-16(28)11-13-17)27(34-22)23(30)18-4-2-3-5-19(18)24(27)31/h2-13,20-22H,1H3/t20-,21-,22-/m1/s1. The van der Waals surface area contributed by atoms with Gasteiger partial charge in [0, 0.05) is 11.1 Å². The third kappa shape index (κ3) is 2.53. The van der Waals surface area contributed by atoms with E-state index in [2.05, 4.69) is 0 Å². The molecular formula is C27H18FNO5. The van der Waals surface area contributed by atoms with Crippen molar-refractivity contribution in [3.63, 3.8) is 0 Å². The zero-order chi connectivity index (χ0) is 23.8. The summed E-state index contributed by atoms with van der Waals surface area (Å²) in [5, 5.41) is 0. The van der Waals surface area contributed by atoms with E-state index in [1.54, 1.807) is 24.3 Å². The van der Waals surface area contributed by atoms with E-state index in [-0.39, 0.29) is 16.8 Å². The highest BCUT2D eigenvalue weighted by atomic mass is 19.1. The van der Waals surface area contributed by atoms with Crippen LogP contribution in [0.1, 0.15) is 37.9 Å². The zero-order valence-electron chi connectivity index (χ0n) is 18.0. The zero-order valence-corrected chi connectivity index (χ0v) is 18.0. The Bertz CT molecular complexity index is 1360. The Morgan fingerprint density at radius 3 is 1.97 bits per heavy atom. The van der Waals surface area contributed by atoms with Crippen LogP contribution in [0.2, 0.25) is 0 Å². The smallest absolute Gasteiger partial charge is 0.241 e. The molecule has 3 aromatic rings. The number of hydrogen-bond acceptors (Lipinski definition) is 5. The summed E-state index contributed by atoms with van der Waals surface area (Å²) < 4.78 is 19.7. The molecule has 6 rings (SSSR count). The van der Waals surface area contributed by atoms with Crippen molar-refractivity contribution in [1.82, 2.24) is 0 Å². The number of Topliss-reactive ketones (excluding diaryl/α,β-unsaturated/α-hetero) is 2. The lowest BCUT2D eigenvalue weighted by molar-refractivity contribution is -0.127. The third-order valence-electron chi connectivity index (χ3n) is 7.01. The van der Waals surface area contributed by atoms with Crippen molar-refractivity contribution in [1.29, 1.82) is 0 Å². The number of imide groups is 1. The van der Waals surface area contributed by atoms with Crippen LogP contribution in [0.15, 0.2) is 72.8 Å². The molecular weight excluding hydrogens is 437 g/mol. The van der Waals surface area contributed by atoms with E-state index >= 15 is 0 Å². The van der Waals surface area contributed by atoms with E-state index in [0.29, 0.717) is 5.56 Å². The van der Waals surface area contributed by atoms with Gasteiger partial charge in [0.1, 0.15) is 5.82 Å². The minimum Gasteiger partial charge on any atom is -0.349 e. The molecule has 7 heteroatoms. The van der Waals surface area contributed by atoms with Crippen LogP contribution in [0, 0.1) is 24.6 Å². The number of carbonyl (C=O) groups excluding carboxylic acids is 4. The van der Waals surface area contributed by atoms with Gasteiger partial charge in [0.2, 0.25) is 29.0 Å². The molecule has 2 fully saturated rings. The predicted octanol–water partition coefficient (Wildman–Crippen LogP) is 3.83. The molecule has 3 atom stereocenters. The predicted molar refractivity (Wildman–Crippen MR) is 119 cm³/mol. The molecule has 168 valence electrons. The van der Waals surface area contributed by atoms with Crippen molar-refractivity contribution in [3.8, 4) is 0 Å². The maximum Gasteiger partial charge on any atom is 0.241 e. The summed E-state index contributed by atoms with van der Waals surface area (Å²) in [5.41, 5.74) is -0.0104. The number of carbonyl (C=O) groups is 4. The van der Waals surface area contributed by atoms with Crippen LogP contribution in [-0.4, -0.2) is 29.0 Å². The molecule has 1 aliphatic carbocycles. The molecule has 2 heterocycles. The largest absolute Gasteiger partial charge is 0.349 e. The number of benzene rings is 3. The molecule has 0 saturated carbocycles. The monoisotopic (exact) mass is 455 g/mol. The molecule has 0 unspecified atom stereocenters. The van der Waals surface area contributed by atoms with Crippen LogP contribution >= 0.6 is 0 Å². The topological polar surface area (TPSA) is 80.8 Å². The van der Waals surface area contributed by atoms with Crippen molar-refractivity contribution in [3.05, 3.63) is 101 Å². The minimum absolute atomic E-state index is 0.177. The molecule has 1 spiro atoms. The number of nitrogens with zero attached hydrogens (tertiary/aromatic N) is 1. The van der Waals surface area contributed by atoms with E-state index in [4.69, 9.17) is 4.74 Å². The molecule has 0 radical (unpaired) electrons. The summed E-state index contributed by atoms with van der Waals surface area (Å²) >= 11 is 0. The Hall–Kier alpha value is -3.97. The fraction of sp³-hybridized carbons (Fsp3) is 0.185. The molecule has 0 N–H and O–H groups in total. The highest BCUT2D eigenvalue weighted by molar-refractivity contribution is 6.37. The lowest BCUT2D eigenvalue weighted by Gasteiger charge is -2.27. The van der Waals surface area contributed by atoms with Gasteiger partial charge < -0.3 is 4.74 Å². The Kier molecular flexibility index (Phi) is 4.25. The fourth-order valence-electron chi connectivity index (χ4n) is 5.42. The van der Waals surface area contributed by atoms with Gasteiger partial charge in [0.15, 0.2) is 0 Å². The maximum absolute atomic E-state index is 13.7. The highest BCUT2D eigenvalue weighted by Gasteiger charge is 2.74. The van der Waals surface area contributed by atoms with Crippen LogP contribution < -0.4 is 4.90 Å². The number of amides is 2. The first kappa shape index (κ1) is 20.6. The van der Waals surface area contributed by atoms with Crippen LogP contribution in [0.25, 0.3) is 0 Å². The number of ketones is 2. The summed E-state index contributed by atoms with van der Waals surface area (Å²) in [6, 6.07) is 18.5. The van der Waals surface area contributed by atoms with Gasteiger partial charge in [-0.1, -0.05) is 54.1 Å². The average molecular weight is 455 g/mol. The van der Waals surface area contributed by atoms with Crippen LogP contribution in [-0.2, 0) is 14.3 Å². The Morgan fingerprint density at radius 2 is 1.38 bits per heavy atom. The normalized spacial score (nSPS) is 24.8. The molecule has 0 bridgehead atoms. The first-order valence-electron chi connectivity index (χ1n) is 10.9. The van der Waals surface area contributed by atoms with Gasteiger partial charge in [-0.2, -0.15) is 0 Å². The van der Waals surface area contributed by atoms with Gasteiger partial charge in [-0.3, -0.25) is 19.2 Å². The van der Waals surface area contributed by atoms with E-state index in [0.717, 1.165) is 22.6 Å². The number of fused-ring (bicyclic) bond motifs is 3. The van der Waals surface area contributed by atoms with E-state index in [9.17, 15) is 23.6 Å². The van der Waals surface area contributed by atoms with Crippen molar-refractivity contribution in [2.45, 2.75) is 18.6 Å². The number of anilines is 1. The minimum atomic E-state index is -2.12. The van der Waals surface area contributed by atoms with Crippen LogP contribution in [0.3, 0.4) is 0 Å². The summed E-state index contributed by atoms with van der Waals surface area (Å²) in [6.45, 7) is 1.91. The summed E-state index contributed by atoms with van der Waals surface area (Å²) in [7, 11) is 0. The lowest BCUT2D eigenvalue weighted by atomic mass is 9.77. The number of halogens is 1. The summed E-state index contributed by atoms with van der Waals surface area (Å²) in [6.07, 6.45) is -0.977. The highest BCUT2D eigenvalue weighted by Crippen LogP contribution is 2.57. The van der Waals surface area contributed by atoms with E-state index in [1.807, 2.05) is 19.1 Å². The van der Waals surface area contributed by atoms with Gasteiger partial charge in [-0.25, -0.2) is 9.29 Å². The Balaban J connectivity index is 1.54. The second kappa shape index (κ2) is 7.01. The lowest BCUT2D eigenvalue weighted by Crippen LogP contribution is -2.51. The van der Waals surface area contributed by atoms with E-state index in [1.165, 1.54) is 24.3 Å². The number of ether oxygens (including phenoxy) is 1. The Morgan fingerprint density at radius 1 is 0.794 bits per heavy atom. The van der Waals surface area contributed by atoms with Crippen molar-refractivity contribution in [2.24, 2.45) is 11.8 Å². The second-order valence-corrected chi connectivity index (χ2v) is 8.88. The molecule has 2 saturated heterocycles. The molecule has 6 nitrogen and oxygen atoms in total. The summed E-state index contributed by atoms with van der Waals surface area (Å²) in [5.74, 6) is -5.44. The first-order chi connectivity index (χ1) is 16.3. The van der Waals surface area contributed by atoms with Crippen LogP contribution in [0.4, 0.5) is 10.1 Å². The summed E-state index contributed by atoms with van der Waals surface area (Å²) in [4.78, 5) is 55.7. The molecule has 34 heavy (non-hydrogen) atoms. The number of hydrogen-bond donors (Lipinski definition) is 0. The third-order valence-corrected chi connectivity index (χ3v) is 7.01.